The Bertz CT molecular complexity index is 790. The third kappa shape index (κ3) is 3.30. The number of nitrogens with zero attached hydrogens (tertiary/aromatic N) is 2. The van der Waals surface area contributed by atoms with Gasteiger partial charge in [-0.2, -0.15) is 0 Å². The van der Waals surface area contributed by atoms with Gasteiger partial charge in [0.15, 0.2) is 18.2 Å². The highest BCUT2D eigenvalue weighted by Gasteiger charge is 2.11. The Morgan fingerprint density at radius 1 is 1.05 bits per heavy atom. The van der Waals surface area contributed by atoms with E-state index in [1.165, 1.54) is 6.07 Å². The van der Waals surface area contributed by atoms with Crippen molar-refractivity contribution >= 4 is 15.9 Å². The zero-order chi connectivity index (χ0) is 15.5. The van der Waals surface area contributed by atoms with Gasteiger partial charge in [0, 0.05) is 16.1 Å². The van der Waals surface area contributed by atoms with Crippen molar-refractivity contribution in [3.63, 3.8) is 0 Å². The van der Waals surface area contributed by atoms with E-state index in [-0.39, 0.29) is 18.2 Å². The summed E-state index contributed by atoms with van der Waals surface area (Å²) < 4.78 is 37.8. The van der Waals surface area contributed by atoms with E-state index in [9.17, 15) is 8.78 Å². The highest BCUT2D eigenvalue weighted by atomic mass is 79.9. The summed E-state index contributed by atoms with van der Waals surface area (Å²) in [4.78, 5) is 0. The summed E-state index contributed by atoms with van der Waals surface area (Å²) in [5.41, 5.74) is 0.759. The minimum absolute atomic E-state index is 0.0789. The van der Waals surface area contributed by atoms with Crippen LogP contribution in [-0.2, 0) is 6.61 Å². The van der Waals surface area contributed by atoms with Crippen molar-refractivity contribution < 1.29 is 17.9 Å². The maximum absolute atomic E-state index is 13.4. The molecule has 0 aliphatic carbocycles. The molecule has 112 valence electrons. The molecule has 22 heavy (non-hydrogen) atoms. The Morgan fingerprint density at radius 3 is 2.55 bits per heavy atom. The maximum atomic E-state index is 13.4. The van der Waals surface area contributed by atoms with Gasteiger partial charge in [0.25, 0.3) is 5.89 Å². The Kier molecular flexibility index (Phi) is 4.15. The SMILES string of the molecule is Fc1ccc(OCc2nnc(-c3ccc(Br)cc3)o2)c(F)c1. The minimum Gasteiger partial charge on any atom is -0.481 e. The lowest BCUT2D eigenvalue weighted by Crippen LogP contribution is -1.98. The topological polar surface area (TPSA) is 48.2 Å². The van der Waals surface area contributed by atoms with Crippen molar-refractivity contribution in [2.45, 2.75) is 6.61 Å². The molecule has 0 amide bonds. The number of rotatable bonds is 4. The number of ether oxygens (including phenoxy) is 1. The van der Waals surface area contributed by atoms with Crippen molar-refractivity contribution in [3.8, 4) is 17.2 Å². The summed E-state index contributed by atoms with van der Waals surface area (Å²) in [6, 6.07) is 10.4. The minimum atomic E-state index is -0.785. The van der Waals surface area contributed by atoms with Crippen molar-refractivity contribution in [1.29, 1.82) is 0 Å². The summed E-state index contributed by atoms with van der Waals surface area (Å²) in [5.74, 6) is -0.995. The molecule has 0 saturated carbocycles. The molecular formula is C15H9BrF2N2O2. The first-order chi connectivity index (χ1) is 10.6. The lowest BCUT2D eigenvalue weighted by Gasteiger charge is -2.04. The van der Waals surface area contributed by atoms with Crippen molar-refractivity contribution in [2.75, 3.05) is 0 Å². The summed E-state index contributed by atoms with van der Waals surface area (Å²) >= 11 is 3.34. The largest absolute Gasteiger partial charge is 0.481 e. The quantitative estimate of drug-likeness (QED) is 0.688. The van der Waals surface area contributed by atoms with E-state index in [0.717, 1.165) is 22.2 Å². The van der Waals surface area contributed by atoms with Crippen LogP contribution < -0.4 is 4.74 Å². The van der Waals surface area contributed by atoms with E-state index in [0.29, 0.717) is 5.89 Å². The van der Waals surface area contributed by atoms with Crippen LogP contribution in [0, 0.1) is 11.6 Å². The molecule has 3 aromatic rings. The normalized spacial score (nSPS) is 10.7. The standard InChI is InChI=1S/C15H9BrF2N2O2/c16-10-3-1-9(2-4-10)15-20-19-14(22-15)8-21-13-6-5-11(17)7-12(13)18/h1-7H,8H2. The average Bonchev–Trinajstić information content (AvgIpc) is 2.96. The third-order valence-electron chi connectivity index (χ3n) is 2.80. The first-order valence-corrected chi connectivity index (χ1v) is 7.07. The fraction of sp³-hybridized carbons (Fsp3) is 0.0667. The lowest BCUT2D eigenvalue weighted by molar-refractivity contribution is 0.252. The van der Waals surface area contributed by atoms with E-state index in [1.807, 2.05) is 24.3 Å². The molecule has 0 spiro atoms. The number of benzene rings is 2. The van der Waals surface area contributed by atoms with Gasteiger partial charge in [0.05, 0.1) is 0 Å². The van der Waals surface area contributed by atoms with Gasteiger partial charge in [-0.25, -0.2) is 8.78 Å². The van der Waals surface area contributed by atoms with E-state index in [4.69, 9.17) is 9.15 Å². The van der Waals surface area contributed by atoms with Crippen LogP contribution in [0.4, 0.5) is 8.78 Å². The first kappa shape index (κ1) is 14.6. The molecule has 1 aromatic heterocycles. The van der Waals surface area contributed by atoms with Crippen LogP contribution in [0.15, 0.2) is 51.4 Å². The first-order valence-electron chi connectivity index (χ1n) is 6.28. The van der Waals surface area contributed by atoms with Crippen LogP contribution in [0.1, 0.15) is 5.89 Å². The van der Waals surface area contributed by atoms with Crippen molar-refractivity contribution in [2.24, 2.45) is 0 Å². The summed E-state index contributed by atoms with van der Waals surface area (Å²) in [5, 5.41) is 7.73. The van der Waals surface area contributed by atoms with E-state index in [1.54, 1.807) is 0 Å². The summed E-state index contributed by atoms with van der Waals surface area (Å²) in [7, 11) is 0. The smallest absolute Gasteiger partial charge is 0.254 e. The maximum Gasteiger partial charge on any atom is 0.254 e. The lowest BCUT2D eigenvalue weighted by atomic mass is 10.2. The zero-order valence-electron chi connectivity index (χ0n) is 11.1. The van der Waals surface area contributed by atoms with Gasteiger partial charge in [-0.3, -0.25) is 0 Å². The molecule has 0 unspecified atom stereocenters. The molecule has 0 bridgehead atoms. The van der Waals surface area contributed by atoms with Crippen molar-refractivity contribution in [3.05, 3.63) is 64.5 Å². The molecular weight excluding hydrogens is 358 g/mol. The van der Waals surface area contributed by atoms with Gasteiger partial charge >= 0.3 is 0 Å². The highest BCUT2D eigenvalue weighted by Crippen LogP contribution is 2.22. The predicted octanol–water partition coefficient (Wildman–Crippen LogP) is 4.36. The monoisotopic (exact) mass is 366 g/mol. The molecule has 1 heterocycles. The molecule has 0 fully saturated rings. The second-order valence-electron chi connectivity index (χ2n) is 4.37. The molecule has 0 saturated heterocycles. The summed E-state index contributed by atoms with van der Waals surface area (Å²) in [6.07, 6.45) is 0. The predicted molar refractivity (Wildman–Crippen MR) is 78.1 cm³/mol. The van der Waals surface area contributed by atoms with Gasteiger partial charge in [-0.05, 0) is 36.4 Å². The molecule has 2 aromatic carbocycles. The van der Waals surface area contributed by atoms with Gasteiger partial charge in [0.2, 0.25) is 5.89 Å². The molecule has 0 aliphatic rings. The summed E-state index contributed by atoms with van der Waals surface area (Å²) in [6.45, 7) is -0.105. The highest BCUT2D eigenvalue weighted by molar-refractivity contribution is 9.10. The zero-order valence-corrected chi connectivity index (χ0v) is 12.7. The van der Waals surface area contributed by atoms with Crippen molar-refractivity contribution in [1.82, 2.24) is 10.2 Å². The Hall–Kier alpha value is -2.28. The molecule has 4 nitrogen and oxygen atoms in total. The van der Waals surface area contributed by atoms with E-state index < -0.39 is 11.6 Å². The second-order valence-corrected chi connectivity index (χ2v) is 5.29. The van der Waals surface area contributed by atoms with E-state index >= 15 is 0 Å². The fourth-order valence-electron chi connectivity index (χ4n) is 1.75. The molecule has 0 aliphatic heterocycles. The average molecular weight is 367 g/mol. The number of halogens is 3. The van der Waals surface area contributed by atoms with Gasteiger partial charge in [-0.15, -0.1) is 10.2 Å². The Balaban J connectivity index is 1.70. The number of aromatic nitrogens is 2. The van der Waals surface area contributed by atoms with Crippen LogP contribution in [0.5, 0.6) is 5.75 Å². The Morgan fingerprint density at radius 2 is 1.82 bits per heavy atom. The van der Waals surface area contributed by atoms with Gasteiger partial charge < -0.3 is 9.15 Å². The van der Waals surface area contributed by atoms with Crippen LogP contribution in [0.2, 0.25) is 0 Å². The second kappa shape index (κ2) is 6.23. The van der Waals surface area contributed by atoms with Gasteiger partial charge in [-0.1, -0.05) is 15.9 Å². The van der Waals surface area contributed by atoms with Gasteiger partial charge in [0.1, 0.15) is 5.82 Å². The number of hydrogen-bond acceptors (Lipinski definition) is 4. The van der Waals surface area contributed by atoms with E-state index in [2.05, 4.69) is 26.1 Å². The molecule has 0 N–H and O–H groups in total. The van der Waals surface area contributed by atoms with Crippen LogP contribution >= 0.6 is 15.9 Å². The Labute approximate surface area is 132 Å². The molecule has 0 atom stereocenters. The fourth-order valence-corrected chi connectivity index (χ4v) is 2.02. The van der Waals surface area contributed by atoms with Crippen LogP contribution in [0.25, 0.3) is 11.5 Å². The molecule has 0 radical (unpaired) electrons. The molecule has 3 rings (SSSR count). The molecule has 7 heteroatoms. The van der Waals surface area contributed by atoms with Crippen LogP contribution in [0.3, 0.4) is 0 Å². The third-order valence-corrected chi connectivity index (χ3v) is 3.33. The van der Waals surface area contributed by atoms with Crippen LogP contribution in [-0.4, -0.2) is 10.2 Å². The number of hydrogen-bond donors (Lipinski definition) is 0.